The van der Waals surface area contributed by atoms with E-state index in [1.54, 1.807) is 48.5 Å². The Bertz CT molecular complexity index is 402. The number of rotatable bonds is 2. The predicted molar refractivity (Wildman–Crippen MR) is 78.5 cm³/mol. The summed E-state index contributed by atoms with van der Waals surface area (Å²) in [6.07, 6.45) is -0.458. The second-order valence-corrected chi connectivity index (χ2v) is 7.86. The van der Waals surface area contributed by atoms with Gasteiger partial charge >= 0.3 is 11.9 Å². The van der Waals surface area contributed by atoms with Crippen molar-refractivity contribution in [2.75, 3.05) is 0 Å². The van der Waals surface area contributed by atoms with Crippen LogP contribution in [0.4, 0.5) is 0 Å². The van der Waals surface area contributed by atoms with E-state index in [0.717, 1.165) is 0 Å². The van der Waals surface area contributed by atoms with Crippen molar-refractivity contribution < 1.29 is 24.2 Å². The number of aliphatic hydroxyl groups is 1. The lowest BCUT2D eigenvalue weighted by atomic mass is 9.90. The SMILES string of the molecule is C[C@H]1[C@@H](C(=O)OC(C)(C)C)[C@@H](C(=O)OC(C)(C)C)C[C@@H]1O. The molecule has 1 aliphatic carbocycles. The van der Waals surface area contributed by atoms with Crippen LogP contribution >= 0.6 is 0 Å². The van der Waals surface area contributed by atoms with Crippen molar-refractivity contribution in [2.24, 2.45) is 17.8 Å². The number of carbonyl (C=O) groups excluding carboxylic acids is 2. The molecule has 0 aromatic heterocycles. The number of hydrogen-bond donors (Lipinski definition) is 1. The maximum atomic E-state index is 12.4. The Kier molecular flexibility index (Phi) is 5.09. The van der Waals surface area contributed by atoms with Crippen molar-refractivity contribution >= 4 is 11.9 Å². The predicted octanol–water partition coefficient (Wildman–Crippen LogP) is 2.30. The molecule has 0 unspecified atom stereocenters. The van der Waals surface area contributed by atoms with Gasteiger partial charge in [-0.05, 0) is 53.9 Å². The van der Waals surface area contributed by atoms with Crippen molar-refractivity contribution in [3.05, 3.63) is 0 Å². The standard InChI is InChI=1S/C16H28O5/c1-9-11(17)8-10(13(18)20-15(2,3)4)12(9)14(19)21-16(5,6)7/h9-12,17H,8H2,1-7H3/t9-,10+,11+,12-/m1/s1. The van der Waals surface area contributed by atoms with Gasteiger partial charge in [0.1, 0.15) is 11.2 Å². The molecule has 0 aromatic rings. The summed E-state index contributed by atoms with van der Waals surface area (Å²) in [5.74, 6) is -2.51. The van der Waals surface area contributed by atoms with Crippen LogP contribution in [0.2, 0.25) is 0 Å². The molecule has 1 fully saturated rings. The van der Waals surface area contributed by atoms with Gasteiger partial charge in [0.25, 0.3) is 0 Å². The molecule has 0 radical (unpaired) electrons. The molecule has 5 nitrogen and oxygen atoms in total. The van der Waals surface area contributed by atoms with Crippen LogP contribution in [0.1, 0.15) is 54.9 Å². The minimum atomic E-state index is -0.694. The van der Waals surface area contributed by atoms with Gasteiger partial charge in [-0.3, -0.25) is 9.59 Å². The molecule has 0 amide bonds. The zero-order valence-corrected chi connectivity index (χ0v) is 14.1. The molecule has 1 rings (SSSR count). The first-order valence-corrected chi connectivity index (χ1v) is 7.45. The van der Waals surface area contributed by atoms with Gasteiger partial charge in [-0.15, -0.1) is 0 Å². The Hall–Kier alpha value is -1.10. The molecule has 5 heteroatoms. The van der Waals surface area contributed by atoms with Crippen LogP contribution in [0.15, 0.2) is 0 Å². The highest BCUT2D eigenvalue weighted by Crippen LogP contribution is 2.40. The highest BCUT2D eigenvalue weighted by molar-refractivity contribution is 5.83. The fraction of sp³-hybridized carbons (Fsp3) is 0.875. The molecule has 0 aromatic carbocycles. The molecule has 1 aliphatic rings. The minimum Gasteiger partial charge on any atom is -0.460 e. The second kappa shape index (κ2) is 5.95. The van der Waals surface area contributed by atoms with E-state index in [4.69, 9.17) is 9.47 Å². The van der Waals surface area contributed by atoms with Crippen molar-refractivity contribution in [1.29, 1.82) is 0 Å². The second-order valence-electron chi connectivity index (χ2n) is 7.86. The third kappa shape index (κ3) is 4.99. The summed E-state index contributed by atoms with van der Waals surface area (Å²) < 4.78 is 10.8. The van der Waals surface area contributed by atoms with Gasteiger partial charge in [0.2, 0.25) is 0 Å². The number of ether oxygens (including phenoxy) is 2. The summed E-state index contributed by atoms with van der Waals surface area (Å²) in [6.45, 7) is 12.5. The lowest BCUT2D eigenvalue weighted by molar-refractivity contribution is -0.172. The zero-order chi connectivity index (χ0) is 16.6. The normalized spacial score (nSPS) is 30.1. The average Bonchev–Trinajstić information content (AvgIpc) is 2.50. The molecule has 122 valence electrons. The fourth-order valence-corrected chi connectivity index (χ4v) is 2.60. The molecule has 21 heavy (non-hydrogen) atoms. The smallest absolute Gasteiger partial charge is 0.310 e. The molecular formula is C16H28O5. The maximum absolute atomic E-state index is 12.4. The Labute approximate surface area is 127 Å². The van der Waals surface area contributed by atoms with Gasteiger partial charge in [0, 0.05) is 0 Å². The topological polar surface area (TPSA) is 72.8 Å². The van der Waals surface area contributed by atoms with Crippen LogP contribution in [-0.2, 0) is 19.1 Å². The molecule has 0 aliphatic heterocycles. The summed E-state index contributed by atoms with van der Waals surface area (Å²) >= 11 is 0. The first-order chi connectivity index (χ1) is 9.32. The molecule has 1 N–H and O–H groups in total. The Morgan fingerprint density at radius 2 is 1.38 bits per heavy atom. The third-order valence-corrected chi connectivity index (χ3v) is 3.49. The number of aliphatic hydroxyl groups excluding tert-OH is 1. The van der Waals surface area contributed by atoms with Gasteiger partial charge in [-0.25, -0.2) is 0 Å². The fourth-order valence-electron chi connectivity index (χ4n) is 2.60. The van der Waals surface area contributed by atoms with Crippen molar-refractivity contribution in [1.82, 2.24) is 0 Å². The summed E-state index contributed by atoms with van der Waals surface area (Å²) in [6, 6.07) is 0. The molecule has 1 saturated carbocycles. The number of carbonyl (C=O) groups is 2. The third-order valence-electron chi connectivity index (χ3n) is 3.49. The van der Waals surface area contributed by atoms with Crippen molar-refractivity contribution in [3.8, 4) is 0 Å². The molecule has 0 bridgehead atoms. The van der Waals surface area contributed by atoms with Gasteiger partial charge in [-0.2, -0.15) is 0 Å². The lowest BCUT2D eigenvalue weighted by Crippen LogP contribution is -2.38. The average molecular weight is 300 g/mol. The van der Waals surface area contributed by atoms with Crippen LogP contribution in [0.25, 0.3) is 0 Å². The molecular weight excluding hydrogens is 272 g/mol. The molecule has 4 atom stereocenters. The zero-order valence-electron chi connectivity index (χ0n) is 14.1. The van der Waals surface area contributed by atoms with Gasteiger partial charge in [0.05, 0.1) is 17.9 Å². The monoisotopic (exact) mass is 300 g/mol. The molecule has 0 spiro atoms. The van der Waals surface area contributed by atoms with Gasteiger partial charge in [0.15, 0.2) is 0 Å². The molecule has 0 saturated heterocycles. The van der Waals surface area contributed by atoms with Crippen molar-refractivity contribution in [3.63, 3.8) is 0 Å². The first kappa shape index (κ1) is 18.0. The largest absolute Gasteiger partial charge is 0.460 e. The van der Waals surface area contributed by atoms with Crippen LogP contribution in [-0.4, -0.2) is 34.4 Å². The van der Waals surface area contributed by atoms with E-state index in [2.05, 4.69) is 0 Å². The van der Waals surface area contributed by atoms with E-state index in [0.29, 0.717) is 0 Å². The van der Waals surface area contributed by atoms with E-state index in [9.17, 15) is 14.7 Å². The van der Waals surface area contributed by atoms with E-state index in [-0.39, 0.29) is 12.3 Å². The maximum Gasteiger partial charge on any atom is 0.310 e. The van der Waals surface area contributed by atoms with Crippen LogP contribution in [0.5, 0.6) is 0 Å². The van der Waals surface area contributed by atoms with Crippen LogP contribution in [0.3, 0.4) is 0 Å². The minimum absolute atomic E-state index is 0.236. The van der Waals surface area contributed by atoms with Crippen LogP contribution in [0, 0.1) is 17.8 Å². The van der Waals surface area contributed by atoms with Gasteiger partial charge < -0.3 is 14.6 Å². The Morgan fingerprint density at radius 1 is 0.952 bits per heavy atom. The van der Waals surface area contributed by atoms with Crippen molar-refractivity contribution in [2.45, 2.75) is 72.2 Å². The Morgan fingerprint density at radius 3 is 1.81 bits per heavy atom. The lowest BCUT2D eigenvalue weighted by Gasteiger charge is -2.28. The quantitative estimate of drug-likeness (QED) is 0.792. The molecule has 0 heterocycles. The summed E-state index contributed by atoms with van der Waals surface area (Å²) in [7, 11) is 0. The van der Waals surface area contributed by atoms with Gasteiger partial charge in [-0.1, -0.05) is 6.92 Å². The Balaban J connectivity index is 2.91. The summed E-state index contributed by atoms with van der Waals surface area (Å²) in [5.41, 5.74) is -1.24. The number of esters is 2. The summed E-state index contributed by atoms with van der Waals surface area (Å²) in [4.78, 5) is 24.6. The highest BCUT2D eigenvalue weighted by Gasteiger charge is 2.50. The highest BCUT2D eigenvalue weighted by atomic mass is 16.6. The summed E-state index contributed by atoms with van der Waals surface area (Å²) in [5, 5.41) is 10.0. The van der Waals surface area contributed by atoms with E-state index < -0.39 is 41.1 Å². The van der Waals surface area contributed by atoms with E-state index in [1.807, 2.05) is 0 Å². The van der Waals surface area contributed by atoms with E-state index >= 15 is 0 Å². The van der Waals surface area contributed by atoms with Crippen LogP contribution < -0.4 is 0 Å². The first-order valence-electron chi connectivity index (χ1n) is 7.45. The number of hydrogen-bond acceptors (Lipinski definition) is 5. The van der Waals surface area contributed by atoms with E-state index in [1.165, 1.54) is 0 Å².